The molecule has 1 aromatic carbocycles. The molecule has 0 bridgehead atoms. The van der Waals surface area contributed by atoms with Crippen molar-refractivity contribution in [3.05, 3.63) is 33.5 Å². The smallest absolute Gasteiger partial charge is 0.396 e. The molecule has 0 aliphatic carbocycles. The Balaban J connectivity index is 1.89. The minimum Gasteiger partial charge on any atom is -0.414 e. The molecular formula is C12H13NO2S. The summed E-state index contributed by atoms with van der Waals surface area (Å²) >= 11 is 1.17. The van der Waals surface area contributed by atoms with Crippen LogP contribution in [0.2, 0.25) is 0 Å². The molecule has 4 heteroatoms. The van der Waals surface area contributed by atoms with Crippen LogP contribution in [-0.2, 0) is 6.42 Å². The highest BCUT2D eigenvalue weighted by Gasteiger charge is 2.15. The van der Waals surface area contributed by atoms with E-state index in [-0.39, 0.29) is 4.94 Å². The zero-order valence-electron chi connectivity index (χ0n) is 8.86. The molecule has 1 aliphatic heterocycles. The van der Waals surface area contributed by atoms with Crippen LogP contribution in [0.5, 0.6) is 0 Å². The third-order valence-corrected chi connectivity index (χ3v) is 3.89. The molecule has 84 valence electrons. The van der Waals surface area contributed by atoms with Crippen LogP contribution < -0.4 is 10.3 Å². The first kappa shape index (κ1) is 10.1. The van der Waals surface area contributed by atoms with Crippen LogP contribution in [0.25, 0.3) is 10.3 Å². The van der Waals surface area contributed by atoms with E-state index in [1.807, 2.05) is 12.1 Å². The molecule has 0 amide bonds. The summed E-state index contributed by atoms with van der Waals surface area (Å²) in [6, 6.07) is 6.10. The van der Waals surface area contributed by atoms with E-state index in [0.29, 0.717) is 0 Å². The number of rotatable bonds is 2. The lowest BCUT2D eigenvalue weighted by molar-refractivity contribution is 0.573. The lowest BCUT2D eigenvalue weighted by atomic mass is 9.99. The van der Waals surface area contributed by atoms with Gasteiger partial charge in [0.2, 0.25) is 0 Å². The maximum absolute atomic E-state index is 11.1. The Morgan fingerprint density at radius 2 is 2.44 bits per heavy atom. The molecule has 16 heavy (non-hydrogen) atoms. The fourth-order valence-electron chi connectivity index (χ4n) is 2.27. The Morgan fingerprint density at radius 3 is 3.25 bits per heavy atom. The number of hydrogen-bond acceptors (Lipinski definition) is 4. The second kappa shape index (κ2) is 4.03. The molecule has 3 rings (SSSR count). The first-order valence-corrected chi connectivity index (χ1v) is 6.36. The molecule has 1 aromatic heterocycles. The zero-order chi connectivity index (χ0) is 11.0. The largest absolute Gasteiger partial charge is 0.414 e. The first-order chi connectivity index (χ1) is 7.81. The van der Waals surface area contributed by atoms with E-state index >= 15 is 0 Å². The van der Waals surface area contributed by atoms with Crippen LogP contribution in [0, 0.1) is 5.92 Å². The lowest BCUT2D eigenvalue weighted by Gasteiger charge is -2.07. The van der Waals surface area contributed by atoms with Crippen LogP contribution in [-0.4, -0.2) is 13.1 Å². The Morgan fingerprint density at radius 1 is 1.50 bits per heavy atom. The van der Waals surface area contributed by atoms with E-state index in [4.69, 9.17) is 4.42 Å². The zero-order valence-corrected chi connectivity index (χ0v) is 9.68. The summed E-state index contributed by atoms with van der Waals surface area (Å²) in [6.07, 6.45) is 2.31. The average molecular weight is 235 g/mol. The molecule has 3 nitrogen and oxygen atoms in total. The summed E-state index contributed by atoms with van der Waals surface area (Å²) in [7, 11) is 0. The molecule has 0 saturated carbocycles. The van der Waals surface area contributed by atoms with Gasteiger partial charge in [-0.2, -0.15) is 0 Å². The van der Waals surface area contributed by atoms with Crippen molar-refractivity contribution in [3.63, 3.8) is 0 Å². The predicted octanol–water partition coefficient (Wildman–Crippen LogP) is 2.01. The van der Waals surface area contributed by atoms with E-state index in [2.05, 4.69) is 11.4 Å². The second-order valence-corrected chi connectivity index (χ2v) is 5.28. The summed E-state index contributed by atoms with van der Waals surface area (Å²) in [5, 5.41) is 3.36. The molecule has 1 unspecified atom stereocenters. The van der Waals surface area contributed by atoms with Gasteiger partial charge in [-0.15, -0.1) is 0 Å². The maximum Gasteiger partial charge on any atom is 0.396 e. The normalized spacial score (nSPS) is 20.6. The summed E-state index contributed by atoms with van der Waals surface area (Å²) in [5.41, 5.74) is 2.00. The average Bonchev–Trinajstić information content (AvgIpc) is 2.85. The highest BCUT2D eigenvalue weighted by atomic mass is 32.1. The highest BCUT2D eigenvalue weighted by Crippen LogP contribution is 2.21. The fourth-order valence-corrected chi connectivity index (χ4v) is 2.91. The minimum absolute atomic E-state index is 0.213. The molecule has 1 atom stereocenters. The molecular weight excluding hydrogens is 222 g/mol. The van der Waals surface area contributed by atoms with Gasteiger partial charge in [-0.1, -0.05) is 17.4 Å². The predicted molar refractivity (Wildman–Crippen MR) is 65.0 cm³/mol. The molecule has 1 fully saturated rings. The number of hydrogen-bond donors (Lipinski definition) is 1. The van der Waals surface area contributed by atoms with Gasteiger partial charge in [0, 0.05) is 0 Å². The lowest BCUT2D eigenvalue weighted by Crippen LogP contribution is -2.10. The van der Waals surface area contributed by atoms with Crippen LogP contribution in [0.4, 0.5) is 0 Å². The van der Waals surface area contributed by atoms with Gasteiger partial charge in [-0.3, -0.25) is 0 Å². The quantitative estimate of drug-likeness (QED) is 0.865. The van der Waals surface area contributed by atoms with E-state index in [9.17, 15) is 4.79 Å². The van der Waals surface area contributed by atoms with Crippen molar-refractivity contribution in [2.75, 3.05) is 13.1 Å². The minimum atomic E-state index is -0.213. The summed E-state index contributed by atoms with van der Waals surface area (Å²) < 4.78 is 6.06. The van der Waals surface area contributed by atoms with Crippen molar-refractivity contribution < 1.29 is 4.42 Å². The summed E-state index contributed by atoms with van der Waals surface area (Å²) in [5.74, 6) is 0.725. The molecule has 1 saturated heterocycles. The van der Waals surface area contributed by atoms with Crippen molar-refractivity contribution in [1.29, 1.82) is 0 Å². The first-order valence-electron chi connectivity index (χ1n) is 5.54. The van der Waals surface area contributed by atoms with Gasteiger partial charge < -0.3 is 9.73 Å². The van der Waals surface area contributed by atoms with Crippen molar-refractivity contribution in [2.24, 2.45) is 5.92 Å². The summed E-state index contributed by atoms with van der Waals surface area (Å²) in [6.45, 7) is 2.23. The van der Waals surface area contributed by atoms with Crippen LogP contribution in [0.1, 0.15) is 12.0 Å². The number of nitrogens with one attached hydrogen (secondary N) is 1. The standard InChI is InChI=1S/C12H13NO2S/c14-12-15-10-6-8(1-2-11(10)16-12)5-9-3-4-13-7-9/h1-2,6,9,13H,3-5,7H2. The van der Waals surface area contributed by atoms with E-state index in [1.165, 1.54) is 23.3 Å². The Kier molecular flexibility index (Phi) is 2.53. The molecule has 0 radical (unpaired) electrons. The Bertz CT molecular complexity index is 551. The van der Waals surface area contributed by atoms with Gasteiger partial charge in [0.25, 0.3) is 0 Å². The monoisotopic (exact) mass is 235 g/mol. The van der Waals surface area contributed by atoms with Crippen molar-refractivity contribution in [2.45, 2.75) is 12.8 Å². The fraction of sp³-hybridized carbons (Fsp3) is 0.417. The highest BCUT2D eigenvalue weighted by molar-refractivity contribution is 7.16. The van der Waals surface area contributed by atoms with E-state index in [1.54, 1.807) is 0 Å². The van der Waals surface area contributed by atoms with Crippen molar-refractivity contribution in [3.8, 4) is 0 Å². The van der Waals surface area contributed by atoms with Gasteiger partial charge in [0.15, 0.2) is 0 Å². The molecule has 0 spiro atoms. The summed E-state index contributed by atoms with van der Waals surface area (Å²) in [4.78, 5) is 10.9. The van der Waals surface area contributed by atoms with Gasteiger partial charge in [-0.05, 0) is 49.5 Å². The van der Waals surface area contributed by atoms with E-state index in [0.717, 1.165) is 35.7 Å². The third-order valence-electron chi connectivity index (χ3n) is 3.08. The SMILES string of the molecule is O=c1oc2cc(CC3CCNC3)ccc2s1. The van der Waals surface area contributed by atoms with Gasteiger partial charge in [-0.25, -0.2) is 4.79 Å². The number of fused-ring (bicyclic) bond motifs is 1. The van der Waals surface area contributed by atoms with Crippen molar-refractivity contribution >= 4 is 21.6 Å². The van der Waals surface area contributed by atoms with Crippen LogP contribution >= 0.6 is 11.3 Å². The van der Waals surface area contributed by atoms with Gasteiger partial charge >= 0.3 is 4.94 Å². The van der Waals surface area contributed by atoms with Crippen LogP contribution in [0.15, 0.2) is 27.4 Å². The van der Waals surface area contributed by atoms with Gasteiger partial charge in [0.05, 0.1) is 4.70 Å². The number of benzene rings is 1. The Hall–Kier alpha value is -1.13. The van der Waals surface area contributed by atoms with Gasteiger partial charge in [0.1, 0.15) is 5.58 Å². The third kappa shape index (κ3) is 1.90. The second-order valence-electron chi connectivity index (χ2n) is 4.30. The topological polar surface area (TPSA) is 42.2 Å². The molecule has 2 heterocycles. The van der Waals surface area contributed by atoms with Crippen molar-refractivity contribution in [1.82, 2.24) is 5.32 Å². The Labute approximate surface area is 97.1 Å². The maximum atomic E-state index is 11.1. The van der Waals surface area contributed by atoms with Crippen LogP contribution in [0.3, 0.4) is 0 Å². The molecule has 2 aromatic rings. The molecule has 1 N–H and O–H groups in total. The molecule has 1 aliphatic rings. The van der Waals surface area contributed by atoms with E-state index < -0.39 is 0 Å².